The number of rotatable bonds is 2. The normalized spacial score (nSPS) is 24.6. The van der Waals surface area contributed by atoms with E-state index >= 15 is 0 Å². The number of nitrogens with one attached hydrogen (secondary N) is 1. The van der Waals surface area contributed by atoms with Gasteiger partial charge in [0.15, 0.2) is 0 Å². The fourth-order valence-electron chi connectivity index (χ4n) is 2.02. The smallest absolute Gasteiger partial charge is 0.0656 e. The van der Waals surface area contributed by atoms with Crippen LogP contribution in [0.3, 0.4) is 0 Å². The van der Waals surface area contributed by atoms with Gasteiger partial charge < -0.3 is 11.1 Å². The molecule has 5 heteroatoms. The number of aryl methyl sites for hydroxylation is 1. The van der Waals surface area contributed by atoms with Gasteiger partial charge >= 0.3 is 0 Å². The maximum atomic E-state index is 11.3. The first-order valence-corrected chi connectivity index (χ1v) is 7.60. The zero-order chi connectivity index (χ0) is 12.4. The Morgan fingerprint density at radius 2 is 2.06 bits per heavy atom. The topological polar surface area (TPSA) is 55.1 Å². The molecule has 0 amide bonds. The molecule has 0 saturated carbocycles. The van der Waals surface area contributed by atoms with Crippen molar-refractivity contribution in [1.82, 2.24) is 0 Å². The van der Waals surface area contributed by atoms with E-state index in [9.17, 15) is 4.21 Å². The van der Waals surface area contributed by atoms with E-state index in [0.717, 1.165) is 35.6 Å². The van der Waals surface area contributed by atoms with Crippen molar-refractivity contribution in [3.05, 3.63) is 22.7 Å². The quantitative estimate of drug-likeness (QED) is 0.814. The summed E-state index contributed by atoms with van der Waals surface area (Å²) in [5, 5.41) is 4.04. The van der Waals surface area contributed by atoms with Crippen molar-refractivity contribution in [3.63, 3.8) is 0 Å². The highest BCUT2D eigenvalue weighted by atomic mass is 35.5. The molecule has 1 fully saturated rings. The van der Waals surface area contributed by atoms with Crippen molar-refractivity contribution in [2.45, 2.75) is 25.8 Å². The molecule has 1 aliphatic heterocycles. The first-order chi connectivity index (χ1) is 8.06. The van der Waals surface area contributed by atoms with Crippen LogP contribution < -0.4 is 11.1 Å². The lowest BCUT2D eigenvalue weighted by Crippen LogP contribution is -2.29. The lowest BCUT2D eigenvalue weighted by Gasteiger charge is -2.24. The van der Waals surface area contributed by atoms with E-state index in [0.29, 0.717) is 16.8 Å². The Hall–Kier alpha value is -0.740. The summed E-state index contributed by atoms with van der Waals surface area (Å²) in [6.07, 6.45) is 1.90. The third kappa shape index (κ3) is 3.13. The molecule has 0 radical (unpaired) electrons. The summed E-state index contributed by atoms with van der Waals surface area (Å²) < 4.78 is 11.3. The number of nitrogens with two attached hydrogens (primary N) is 1. The standard InChI is InChI=1S/C12H17ClN2OS/c1-8-6-11(14)10(13)7-12(8)15-9-2-4-17(16)5-3-9/h6-7,9,15H,2-5,14H2,1H3. The molecule has 1 heterocycles. The van der Waals surface area contributed by atoms with E-state index in [1.54, 1.807) is 0 Å². The van der Waals surface area contributed by atoms with Crippen LogP contribution in [0, 0.1) is 6.92 Å². The van der Waals surface area contributed by atoms with E-state index in [4.69, 9.17) is 17.3 Å². The van der Waals surface area contributed by atoms with Gasteiger partial charge in [-0.15, -0.1) is 0 Å². The largest absolute Gasteiger partial charge is 0.398 e. The van der Waals surface area contributed by atoms with Gasteiger partial charge in [0.05, 0.1) is 10.7 Å². The van der Waals surface area contributed by atoms with Crippen LogP contribution in [-0.2, 0) is 10.8 Å². The summed E-state index contributed by atoms with van der Waals surface area (Å²) in [5.74, 6) is 1.58. The van der Waals surface area contributed by atoms with Gasteiger partial charge in [-0.05, 0) is 37.5 Å². The molecule has 3 N–H and O–H groups in total. The van der Waals surface area contributed by atoms with Crippen LogP contribution >= 0.6 is 11.6 Å². The summed E-state index contributed by atoms with van der Waals surface area (Å²) in [5.41, 5.74) is 8.48. The molecule has 2 rings (SSSR count). The van der Waals surface area contributed by atoms with Crippen LogP contribution in [0.5, 0.6) is 0 Å². The second-order valence-electron chi connectivity index (χ2n) is 4.46. The molecule has 1 saturated heterocycles. The van der Waals surface area contributed by atoms with Gasteiger partial charge in [0, 0.05) is 34.0 Å². The highest BCUT2D eigenvalue weighted by molar-refractivity contribution is 7.85. The van der Waals surface area contributed by atoms with Crippen LogP contribution in [0.4, 0.5) is 11.4 Å². The van der Waals surface area contributed by atoms with Gasteiger partial charge in [0.2, 0.25) is 0 Å². The van der Waals surface area contributed by atoms with Gasteiger partial charge in [-0.1, -0.05) is 11.6 Å². The maximum Gasteiger partial charge on any atom is 0.0656 e. The van der Waals surface area contributed by atoms with E-state index in [1.807, 2.05) is 19.1 Å². The Balaban J connectivity index is 2.08. The van der Waals surface area contributed by atoms with E-state index in [1.165, 1.54) is 0 Å². The monoisotopic (exact) mass is 272 g/mol. The lowest BCUT2D eigenvalue weighted by atomic mass is 10.1. The van der Waals surface area contributed by atoms with Gasteiger partial charge in [0.25, 0.3) is 0 Å². The Labute approximate surface area is 109 Å². The summed E-state index contributed by atoms with van der Waals surface area (Å²) in [6, 6.07) is 4.15. The van der Waals surface area contributed by atoms with Crippen molar-refractivity contribution < 1.29 is 4.21 Å². The van der Waals surface area contributed by atoms with Crippen LogP contribution in [0.1, 0.15) is 18.4 Å². The minimum absolute atomic E-state index is 0.395. The summed E-state index contributed by atoms with van der Waals surface area (Å²) in [7, 11) is -0.618. The zero-order valence-electron chi connectivity index (χ0n) is 9.83. The first-order valence-electron chi connectivity index (χ1n) is 5.73. The summed E-state index contributed by atoms with van der Waals surface area (Å²) in [4.78, 5) is 0. The Kier molecular flexibility index (Phi) is 3.94. The fraction of sp³-hybridized carbons (Fsp3) is 0.500. The molecule has 3 nitrogen and oxygen atoms in total. The second-order valence-corrected chi connectivity index (χ2v) is 6.56. The average Bonchev–Trinajstić information content (AvgIpc) is 2.29. The van der Waals surface area contributed by atoms with Crippen molar-refractivity contribution in [2.75, 3.05) is 22.6 Å². The van der Waals surface area contributed by atoms with Crippen molar-refractivity contribution in [1.29, 1.82) is 0 Å². The molecule has 17 heavy (non-hydrogen) atoms. The highest BCUT2D eigenvalue weighted by Gasteiger charge is 2.18. The molecule has 0 unspecified atom stereocenters. The number of halogens is 1. The van der Waals surface area contributed by atoms with E-state index in [2.05, 4.69) is 5.32 Å². The number of nitrogen functional groups attached to an aromatic ring is 1. The molecule has 94 valence electrons. The average molecular weight is 273 g/mol. The van der Waals surface area contributed by atoms with Gasteiger partial charge in [-0.3, -0.25) is 4.21 Å². The summed E-state index contributed by atoms with van der Waals surface area (Å²) >= 11 is 6.01. The third-order valence-electron chi connectivity index (χ3n) is 3.09. The predicted molar refractivity (Wildman–Crippen MR) is 75.1 cm³/mol. The fourth-order valence-corrected chi connectivity index (χ4v) is 3.48. The van der Waals surface area contributed by atoms with Crippen LogP contribution in [0.25, 0.3) is 0 Å². The summed E-state index contributed by atoms with van der Waals surface area (Å²) in [6.45, 7) is 2.01. The number of hydrogen-bond donors (Lipinski definition) is 2. The van der Waals surface area contributed by atoms with Crippen molar-refractivity contribution in [3.8, 4) is 0 Å². The highest BCUT2D eigenvalue weighted by Crippen LogP contribution is 2.28. The van der Waals surface area contributed by atoms with Crippen molar-refractivity contribution >= 4 is 33.8 Å². The number of hydrogen-bond acceptors (Lipinski definition) is 3. The molecule has 0 aromatic heterocycles. The molecule has 0 aliphatic carbocycles. The molecule has 1 aliphatic rings. The minimum Gasteiger partial charge on any atom is -0.398 e. The van der Waals surface area contributed by atoms with Gasteiger partial charge in [0.1, 0.15) is 0 Å². The van der Waals surface area contributed by atoms with Crippen LogP contribution in [0.15, 0.2) is 12.1 Å². The molecule has 0 spiro atoms. The van der Waals surface area contributed by atoms with E-state index in [-0.39, 0.29) is 0 Å². The minimum atomic E-state index is -0.618. The molecule has 1 aromatic carbocycles. The molecule has 0 atom stereocenters. The molecular formula is C12H17ClN2OS. The lowest BCUT2D eigenvalue weighted by molar-refractivity contribution is 0.624. The van der Waals surface area contributed by atoms with E-state index < -0.39 is 10.8 Å². The second kappa shape index (κ2) is 5.27. The Morgan fingerprint density at radius 1 is 1.41 bits per heavy atom. The SMILES string of the molecule is Cc1cc(N)c(Cl)cc1NC1CCS(=O)CC1. The number of benzene rings is 1. The maximum absolute atomic E-state index is 11.3. The predicted octanol–water partition coefficient (Wildman–Crippen LogP) is 2.55. The molecule has 1 aromatic rings. The van der Waals surface area contributed by atoms with Crippen molar-refractivity contribution in [2.24, 2.45) is 0 Å². The molecular weight excluding hydrogens is 256 g/mol. The Morgan fingerprint density at radius 3 is 2.71 bits per heavy atom. The third-order valence-corrected chi connectivity index (χ3v) is 4.80. The van der Waals surface area contributed by atoms with Crippen LogP contribution in [0.2, 0.25) is 5.02 Å². The Bertz CT molecular complexity index is 440. The molecule has 0 bridgehead atoms. The van der Waals surface area contributed by atoms with Gasteiger partial charge in [-0.2, -0.15) is 0 Å². The van der Waals surface area contributed by atoms with Gasteiger partial charge in [-0.25, -0.2) is 0 Å². The number of anilines is 2. The van der Waals surface area contributed by atoms with Crippen LogP contribution in [-0.4, -0.2) is 21.8 Å². The first kappa shape index (κ1) is 12.7. The zero-order valence-corrected chi connectivity index (χ0v) is 11.4.